The topological polar surface area (TPSA) is 69.6 Å². The third kappa shape index (κ3) is 3.80. The van der Waals surface area contributed by atoms with Gasteiger partial charge in [0.1, 0.15) is 6.04 Å². The highest BCUT2D eigenvalue weighted by atomic mass is 35.5. The van der Waals surface area contributed by atoms with Crippen LogP contribution in [0.3, 0.4) is 0 Å². The molecule has 21 heavy (non-hydrogen) atoms. The van der Waals surface area contributed by atoms with Crippen LogP contribution in [0.2, 0.25) is 10.0 Å². The molecule has 2 atom stereocenters. The van der Waals surface area contributed by atoms with E-state index in [0.29, 0.717) is 22.3 Å². The predicted octanol–water partition coefficient (Wildman–Crippen LogP) is 3.71. The summed E-state index contributed by atoms with van der Waals surface area (Å²) >= 11 is 11.8. The quantitative estimate of drug-likeness (QED) is 0.868. The van der Waals surface area contributed by atoms with Gasteiger partial charge in [-0.3, -0.25) is 0 Å². The molecule has 0 radical (unpaired) electrons. The van der Waals surface area contributed by atoms with Crippen molar-refractivity contribution in [3.05, 3.63) is 28.2 Å². The minimum Gasteiger partial charge on any atom is -0.480 e. The van der Waals surface area contributed by atoms with E-state index in [2.05, 4.69) is 5.32 Å². The molecule has 0 bridgehead atoms. The number of benzene rings is 1. The molecule has 0 aromatic heterocycles. The third-order valence-electron chi connectivity index (χ3n) is 3.56. The Labute approximate surface area is 132 Å². The summed E-state index contributed by atoms with van der Waals surface area (Å²) in [7, 11) is 0. The highest BCUT2D eigenvalue weighted by Gasteiger charge is 2.37. The minimum absolute atomic E-state index is 0.0788. The normalized spacial score (nSPS) is 22.0. The average molecular weight is 331 g/mol. The van der Waals surface area contributed by atoms with Crippen molar-refractivity contribution in [2.24, 2.45) is 5.92 Å². The summed E-state index contributed by atoms with van der Waals surface area (Å²) < 4.78 is 0. The van der Waals surface area contributed by atoms with Crippen molar-refractivity contribution < 1.29 is 14.7 Å². The minimum atomic E-state index is -0.985. The number of carboxylic acid groups (broad SMARTS) is 1. The monoisotopic (exact) mass is 330 g/mol. The largest absolute Gasteiger partial charge is 0.480 e. The van der Waals surface area contributed by atoms with E-state index in [0.717, 1.165) is 12.8 Å². The Morgan fingerprint density at radius 3 is 2.48 bits per heavy atom. The number of likely N-dealkylation sites (tertiary alicyclic amines) is 1. The highest BCUT2D eigenvalue weighted by molar-refractivity contribution is 6.35. The second-order valence-corrected chi connectivity index (χ2v) is 6.06. The van der Waals surface area contributed by atoms with Gasteiger partial charge in [0.05, 0.1) is 0 Å². The Bertz CT molecular complexity index is 545. The number of piperidine rings is 1. The van der Waals surface area contributed by atoms with Crippen molar-refractivity contribution in [2.75, 3.05) is 11.9 Å². The Kier molecular flexibility index (Phi) is 4.96. The van der Waals surface area contributed by atoms with Crippen molar-refractivity contribution in [1.82, 2.24) is 4.90 Å². The number of carbonyl (C=O) groups is 2. The van der Waals surface area contributed by atoms with Crippen LogP contribution >= 0.6 is 23.2 Å². The number of nitrogens with zero attached hydrogens (tertiary/aromatic N) is 1. The van der Waals surface area contributed by atoms with Gasteiger partial charge in [-0.25, -0.2) is 9.59 Å². The van der Waals surface area contributed by atoms with Gasteiger partial charge in [0.15, 0.2) is 0 Å². The molecule has 1 aromatic rings. The van der Waals surface area contributed by atoms with E-state index < -0.39 is 18.0 Å². The first kappa shape index (κ1) is 15.9. The zero-order chi connectivity index (χ0) is 15.6. The molecule has 114 valence electrons. The first-order chi connectivity index (χ1) is 9.88. The van der Waals surface area contributed by atoms with Gasteiger partial charge in [0.2, 0.25) is 0 Å². The zero-order valence-electron chi connectivity index (χ0n) is 11.5. The van der Waals surface area contributed by atoms with Crippen LogP contribution in [-0.2, 0) is 4.79 Å². The lowest BCUT2D eigenvalue weighted by molar-refractivity contribution is -0.145. The van der Waals surface area contributed by atoms with Crippen LogP contribution in [0, 0.1) is 5.92 Å². The Hall–Kier alpha value is -1.46. The van der Waals surface area contributed by atoms with Crippen molar-refractivity contribution in [2.45, 2.75) is 25.8 Å². The van der Waals surface area contributed by atoms with E-state index in [1.807, 2.05) is 6.92 Å². The van der Waals surface area contributed by atoms with E-state index in [1.165, 1.54) is 4.90 Å². The van der Waals surface area contributed by atoms with Crippen LogP contribution in [0.15, 0.2) is 18.2 Å². The molecule has 2 amide bonds. The second kappa shape index (κ2) is 6.54. The lowest BCUT2D eigenvalue weighted by Crippen LogP contribution is -2.53. The molecule has 0 aliphatic carbocycles. The fraction of sp³-hybridized carbons (Fsp3) is 0.429. The molecule has 0 spiro atoms. The molecule has 2 rings (SSSR count). The molecule has 0 saturated carbocycles. The number of anilines is 1. The zero-order valence-corrected chi connectivity index (χ0v) is 13.0. The molecule has 2 unspecified atom stereocenters. The molecule has 1 saturated heterocycles. The van der Waals surface area contributed by atoms with Crippen molar-refractivity contribution in [3.8, 4) is 0 Å². The molecule has 1 aliphatic heterocycles. The van der Waals surface area contributed by atoms with Gasteiger partial charge in [0.25, 0.3) is 0 Å². The van der Waals surface area contributed by atoms with Gasteiger partial charge in [-0.1, -0.05) is 30.1 Å². The van der Waals surface area contributed by atoms with Crippen LogP contribution < -0.4 is 5.32 Å². The molecule has 5 nitrogen and oxygen atoms in total. The SMILES string of the molecule is CC1CCCN(C(=O)Nc2cc(Cl)cc(Cl)c2)C1C(=O)O. The molecule has 1 heterocycles. The van der Waals surface area contributed by atoms with Crippen molar-refractivity contribution in [3.63, 3.8) is 0 Å². The third-order valence-corrected chi connectivity index (χ3v) is 4.00. The fourth-order valence-corrected chi connectivity index (χ4v) is 3.14. The first-order valence-corrected chi connectivity index (χ1v) is 7.40. The van der Waals surface area contributed by atoms with Gasteiger partial charge in [-0.05, 0) is 37.0 Å². The van der Waals surface area contributed by atoms with E-state index in [4.69, 9.17) is 23.2 Å². The Morgan fingerprint density at radius 2 is 1.90 bits per heavy atom. The van der Waals surface area contributed by atoms with Crippen LogP contribution in [0.1, 0.15) is 19.8 Å². The summed E-state index contributed by atoms with van der Waals surface area (Å²) in [6, 6.07) is 3.42. The van der Waals surface area contributed by atoms with E-state index in [1.54, 1.807) is 18.2 Å². The number of halogens is 2. The van der Waals surface area contributed by atoms with Gasteiger partial charge >= 0.3 is 12.0 Å². The van der Waals surface area contributed by atoms with Crippen LogP contribution in [0.4, 0.5) is 10.5 Å². The van der Waals surface area contributed by atoms with Gasteiger partial charge < -0.3 is 15.3 Å². The molecule has 7 heteroatoms. The van der Waals surface area contributed by atoms with E-state index in [9.17, 15) is 14.7 Å². The molecule has 2 N–H and O–H groups in total. The smallest absolute Gasteiger partial charge is 0.326 e. The van der Waals surface area contributed by atoms with Crippen LogP contribution in [0.25, 0.3) is 0 Å². The lowest BCUT2D eigenvalue weighted by Gasteiger charge is -2.37. The standard InChI is InChI=1S/C14H16Cl2N2O3/c1-8-3-2-4-18(12(8)13(19)20)14(21)17-11-6-9(15)5-10(16)7-11/h5-8,12H,2-4H2,1H3,(H,17,21)(H,19,20). The summed E-state index contributed by atoms with van der Waals surface area (Å²) in [4.78, 5) is 25.0. The number of aliphatic carboxylic acids is 1. The second-order valence-electron chi connectivity index (χ2n) is 5.18. The molecule has 1 aliphatic rings. The molecular formula is C14H16Cl2N2O3. The number of carbonyl (C=O) groups excluding carboxylic acids is 1. The molecule has 1 aromatic carbocycles. The van der Waals surface area contributed by atoms with Crippen LogP contribution in [-0.4, -0.2) is 34.6 Å². The molecule has 1 fully saturated rings. The summed E-state index contributed by atoms with van der Waals surface area (Å²) in [6.45, 7) is 2.26. The maximum atomic E-state index is 12.3. The summed E-state index contributed by atoms with van der Waals surface area (Å²) in [6.07, 6.45) is 1.58. The van der Waals surface area contributed by atoms with Gasteiger partial charge in [-0.2, -0.15) is 0 Å². The van der Waals surface area contributed by atoms with Crippen molar-refractivity contribution >= 4 is 40.9 Å². The first-order valence-electron chi connectivity index (χ1n) is 6.65. The molecular weight excluding hydrogens is 315 g/mol. The Balaban J connectivity index is 2.16. The maximum Gasteiger partial charge on any atom is 0.326 e. The number of amides is 2. The van der Waals surface area contributed by atoms with E-state index >= 15 is 0 Å². The predicted molar refractivity (Wildman–Crippen MR) is 82.0 cm³/mol. The van der Waals surface area contributed by atoms with E-state index in [-0.39, 0.29) is 5.92 Å². The summed E-state index contributed by atoms with van der Waals surface area (Å²) in [5, 5.41) is 12.8. The highest BCUT2D eigenvalue weighted by Crippen LogP contribution is 2.26. The summed E-state index contributed by atoms with van der Waals surface area (Å²) in [5.74, 6) is -1.06. The number of hydrogen-bond acceptors (Lipinski definition) is 2. The van der Waals surface area contributed by atoms with Gasteiger partial charge in [-0.15, -0.1) is 0 Å². The Morgan fingerprint density at radius 1 is 1.29 bits per heavy atom. The lowest BCUT2D eigenvalue weighted by atomic mass is 9.91. The van der Waals surface area contributed by atoms with Crippen LogP contribution in [0.5, 0.6) is 0 Å². The number of rotatable bonds is 2. The number of nitrogens with one attached hydrogen (secondary N) is 1. The van der Waals surface area contributed by atoms with Gasteiger partial charge in [0, 0.05) is 22.3 Å². The number of carboxylic acids is 1. The average Bonchev–Trinajstić information content (AvgIpc) is 2.36. The number of urea groups is 1. The summed E-state index contributed by atoms with van der Waals surface area (Å²) in [5.41, 5.74) is 0.444. The number of hydrogen-bond donors (Lipinski definition) is 2. The fourth-order valence-electron chi connectivity index (χ4n) is 2.61. The maximum absolute atomic E-state index is 12.3. The van der Waals surface area contributed by atoms with Crippen molar-refractivity contribution in [1.29, 1.82) is 0 Å².